The number of thiophene rings is 1. The monoisotopic (exact) mass is 362 g/mol. The van der Waals surface area contributed by atoms with Crippen LogP contribution in [-0.2, 0) is 17.8 Å². The van der Waals surface area contributed by atoms with Gasteiger partial charge in [0.1, 0.15) is 0 Å². The molecule has 3 rings (SSSR count). The van der Waals surface area contributed by atoms with Gasteiger partial charge in [-0.25, -0.2) is 0 Å². The number of aryl methyl sites for hydroxylation is 1. The number of carbonyl (C=O) groups is 1. The molecule has 2 aromatic rings. The molecule has 1 aromatic carbocycles. The van der Waals surface area contributed by atoms with Crippen LogP contribution in [0, 0.1) is 0 Å². The molecule has 1 amide bonds. The average Bonchev–Trinajstić information content (AvgIpc) is 3.11. The van der Waals surface area contributed by atoms with Crippen LogP contribution in [0.1, 0.15) is 23.3 Å². The predicted octanol–water partition coefficient (Wildman–Crippen LogP) is 4.07. The van der Waals surface area contributed by atoms with Crippen molar-refractivity contribution in [2.75, 3.05) is 26.2 Å². The van der Waals surface area contributed by atoms with E-state index in [1.165, 1.54) is 10.4 Å². The minimum absolute atomic E-state index is 0.303. The molecule has 0 aliphatic carbocycles. The molecule has 3 nitrogen and oxygen atoms in total. The maximum absolute atomic E-state index is 12.3. The Hall–Kier alpha value is -1.36. The van der Waals surface area contributed by atoms with Crippen molar-refractivity contribution in [1.29, 1.82) is 0 Å². The third-order valence-electron chi connectivity index (χ3n) is 4.44. The van der Waals surface area contributed by atoms with E-state index >= 15 is 0 Å². The minimum atomic E-state index is 0.303. The van der Waals surface area contributed by atoms with Crippen LogP contribution in [0.4, 0.5) is 0 Å². The van der Waals surface area contributed by atoms with Crippen molar-refractivity contribution in [3.05, 3.63) is 57.2 Å². The summed E-state index contributed by atoms with van der Waals surface area (Å²) in [6, 6.07) is 12.2. The fourth-order valence-corrected chi connectivity index (χ4v) is 3.91. The topological polar surface area (TPSA) is 23.6 Å². The number of piperazine rings is 1. The van der Waals surface area contributed by atoms with Gasteiger partial charge in [-0.3, -0.25) is 9.69 Å². The minimum Gasteiger partial charge on any atom is -0.340 e. The second kappa shape index (κ2) is 8.65. The molecule has 0 radical (unpaired) electrons. The highest BCUT2D eigenvalue weighted by Gasteiger charge is 2.20. The van der Waals surface area contributed by atoms with E-state index in [0.717, 1.165) is 50.6 Å². The van der Waals surface area contributed by atoms with Crippen molar-refractivity contribution in [2.45, 2.75) is 25.8 Å². The highest BCUT2D eigenvalue weighted by atomic mass is 35.5. The number of benzene rings is 1. The molecule has 0 saturated carbocycles. The van der Waals surface area contributed by atoms with E-state index < -0.39 is 0 Å². The highest BCUT2D eigenvalue weighted by molar-refractivity contribution is 7.09. The van der Waals surface area contributed by atoms with E-state index in [0.29, 0.717) is 12.3 Å². The number of hydrogen-bond acceptors (Lipinski definition) is 3. The Kier molecular flexibility index (Phi) is 6.30. The van der Waals surface area contributed by atoms with E-state index in [4.69, 9.17) is 11.6 Å². The Morgan fingerprint density at radius 3 is 2.50 bits per heavy atom. The van der Waals surface area contributed by atoms with Crippen LogP contribution in [0.15, 0.2) is 41.8 Å². The molecule has 0 atom stereocenters. The quantitative estimate of drug-likeness (QED) is 0.773. The maximum Gasteiger partial charge on any atom is 0.222 e. The van der Waals surface area contributed by atoms with Crippen molar-refractivity contribution in [1.82, 2.24) is 9.80 Å². The molecule has 24 heavy (non-hydrogen) atoms. The number of amides is 1. The van der Waals surface area contributed by atoms with Gasteiger partial charge in [0.2, 0.25) is 5.91 Å². The van der Waals surface area contributed by atoms with Gasteiger partial charge < -0.3 is 4.90 Å². The van der Waals surface area contributed by atoms with Gasteiger partial charge in [-0.05, 0) is 42.0 Å². The number of nitrogens with zero attached hydrogens (tertiary/aromatic N) is 2. The van der Waals surface area contributed by atoms with Crippen molar-refractivity contribution in [3.63, 3.8) is 0 Å². The third kappa shape index (κ3) is 5.07. The molecule has 1 saturated heterocycles. The van der Waals surface area contributed by atoms with Gasteiger partial charge in [-0.1, -0.05) is 29.8 Å². The lowest BCUT2D eigenvalue weighted by Crippen LogP contribution is -2.48. The van der Waals surface area contributed by atoms with Gasteiger partial charge in [0.15, 0.2) is 0 Å². The Morgan fingerprint density at radius 1 is 1.08 bits per heavy atom. The Bertz CT molecular complexity index is 634. The largest absolute Gasteiger partial charge is 0.340 e. The summed E-state index contributed by atoms with van der Waals surface area (Å²) in [5, 5.41) is 2.87. The number of halogens is 1. The van der Waals surface area contributed by atoms with E-state index in [1.54, 1.807) is 11.3 Å². The molecule has 0 spiro atoms. The van der Waals surface area contributed by atoms with E-state index in [1.807, 2.05) is 17.0 Å². The van der Waals surface area contributed by atoms with Gasteiger partial charge in [-0.15, -0.1) is 11.3 Å². The van der Waals surface area contributed by atoms with Crippen LogP contribution in [0.3, 0.4) is 0 Å². The van der Waals surface area contributed by atoms with Crippen LogP contribution in [0.25, 0.3) is 0 Å². The zero-order chi connectivity index (χ0) is 16.8. The molecule has 128 valence electrons. The molecule has 1 aliphatic heterocycles. The normalized spacial score (nSPS) is 15.6. The SMILES string of the molecule is O=C(CCCc1cccs1)N1CCN(Cc2ccc(Cl)cc2)CC1. The van der Waals surface area contributed by atoms with Gasteiger partial charge in [0.25, 0.3) is 0 Å². The van der Waals surface area contributed by atoms with E-state index in [2.05, 4.69) is 34.5 Å². The zero-order valence-corrected chi connectivity index (χ0v) is 15.4. The van der Waals surface area contributed by atoms with E-state index in [9.17, 15) is 4.79 Å². The molecule has 0 unspecified atom stereocenters. The number of hydrogen-bond donors (Lipinski definition) is 0. The fraction of sp³-hybridized carbons (Fsp3) is 0.421. The molecular weight excluding hydrogens is 340 g/mol. The van der Waals surface area contributed by atoms with Crippen molar-refractivity contribution in [2.24, 2.45) is 0 Å². The Balaban J connectivity index is 1.38. The van der Waals surface area contributed by atoms with Crippen LogP contribution >= 0.6 is 22.9 Å². The van der Waals surface area contributed by atoms with Crippen molar-refractivity contribution >= 4 is 28.8 Å². The van der Waals surface area contributed by atoms with Crippen LogP contribution in [-0.4, -0.2) is 41.9 Å². The van der Waals surface area contributed by atoms with Crippen molar-refractivity contribution < 1.29 is 4.79 Å². The average molecular weight is 363 g/mol. The Morgan fingerprint density at radius 2 is 1.83 bits per heavy atom. The van der Waals surface area contributed by atoms with Crippen LogP contribution in [0.2, 0.25) is 5.02 Å². The molecular formula is C19H23ClN2OS. The molecule has 1 aromatic heterocycles. The van der Waals surface area contributed by atoms with Crippen LogP contribution in [0.5, 0.6) is 0 Å². The number of rotatable bonds is 6. The molecule has 5 heteroatoms. The second-order valence-electron chi connectivity index (χ2n) is 6.22. The summed E-state index contributed by atoms with van der Waals surface area (Å²) in [5.74, 6) is 0.303. The van der Waals surface area contributed by atoms with E-state index in [-0.39, 0.29) is 0 Å². The summed E-state index contributed by atoms with van der Waals surface area (Å²) >= 11 is 7.70. The first-order valence-electron chi connectivity index (χ1n) is 8.48. The maximum atomic E-state index is 12.3. The lowest BCUT2D eigenvalue weighted by Gasteiger charge is -2.34. The second-order valence-corrected chi connectivity index (χ2v) is 7.68. The summed E-state index contributed by atoms with van der Waals surface area (Å²) in [7, 11) is 0. The fourth-order valence-electron chi connectivity index (χ4n) is 3.03. The standard InChI is InChI=1S/C19H23ClN2OS/c20-17-8-6-16(7-9-17)15-21-10-12-22(13-11-21)19(23)5-1-3-18-4-2-14-24-18/h2,4,6-9,14H,1,3,5,10-13,15H2. The number of carbonyl (C=O) groups excluding carboxylic acids is 1. The van der Waals surface area contributed by atoms with Gasteiger partial charge in [0.05, 0.1) is 0 Å². The Labute approximate surface area is 152 Å². The molecule has 1 fully saturated rings. The molecule has 2 heterocycles. The summed E-state index contributed by atoms with van der Waals surface area (Å²) in [5.41, 5.74) is 1.27. The van der Waals surface area contributed by atoms with Crippen LogP contribution < -0.4 is 0 Å². The summed E-state index contributed by atoms with van der Waals surface area (Å²) in [6.07, 6.45) is 2.62. The van der Waals surface area contributed by atoms with Crippen molar-refractivity contribution in [3.8, 4) is 0 Å². The third-order valence-corrected chi connectivity index (χ3v) is 5.63. The zero-order valence-electron chi connectivity index (χ0n) is 13.8. The predicted molar refractivity (Wildman–Crippen MR) is 101 cm³/mol. The lowest BCUT2D eigenvalue weighted by molar-refractivity contribution is -0.133. The summed E-state index contributed by atoms with van der Waals surface area (Å²) < 4.78 is 0. The first kappa shape index (κ1) is 17.5. The lowest BCUT2D eigenvalue weighted by atomic mass is 10.1. The molecule has 1 aliphatic rings. The van der Waals surface area contributed by atoms with Gasteiger partial charge in [0, 0.05) is 49.0 Å². The smallest absolute Gasteiger partial charge is 0.222 e. The summed E-state index contributed by atoms with van der Waals surface area (Å²) in [4.78, 5) is 18.1. The highest BCUT2D eigenvalue weighted by Crippen LogP contribution is 2.15. The molecule has 0 bridgehead atoms. The van der Waals surface area contributed by atoms with Gasteiger partial charge >= 0.3 is 0 Å². The first-order chi connectivity index (χ1) is 11.7. The first-order valence-corrected chi connectivity index (χ1v) is 9.73. The molecule has 0 N–H and O–H groups in total. The van der Waals surface area contributed by atoms with Gasteiger partial charge in [-0.2, -0.15) is 0 Å². The summed E-state index contributed by atoms with van der Waals surface area (Å²) in [6.45, 7) is 4.49.